The normalized spacial score (nSPS) is 16.9. The van der Waals surface area contributed by atoms with Gasteiger partial charge in [0, 0.05) is 12.6 Å². The van der Waals surface area contributed by atoms with Crippen molar-refractivity contribution in [2.24, 2.45) is 0 Å². The summed E-state index contributed by atoms with van der Waals surface area (Å²) in [6, 6.07) is 6.45. The standard InChI is InChI=1S/C15H24N2O2S/c1-4-16-12(3)13-8-9-15-14(11-13)7-6-10-17(15)20(18,19)5-2/h8-9,11-12,16H,4-7,10H2,1-3H3. The van der Waals surface area contributed by atoms with Gasteiger partial charge in [0.2, 0.25) is 10.0 Å². The Hall–Kier alpha value is -1.07. The van der Waals surface area contributed by atoms with Gasteiger partial charge in [-0.2, -0.15) is 0 Å². The number of benzene rings is 1. The molecule has 112 valence electrons. The lowest BCUT2D eigenvalue weighted by molar-refractivity contribution is 0.586. The highest BCUT2D eigenvalue weighted by atomic mass is 32.2. The molecular formula is C15H24N2O2S. The largest absolute Gasteiger partial charge is 0.310 e. The van der Waals surface area contributed by atoms with Gasteiger partial charge in [-0.3, -0.25) is 4.31 Å². The topological polar surface area (TPSA) is 49.4 Å². The first-order valence-corrected chi connectivity index (χ1v) is 8.97. The Labute approximate surface area is 122 Å². The highest BCUT2D eigenvalue weighted by Gasteiger charge is 2.26. The third kappa shape index (κ3) is 2.99. The number of rotatable bonds is 5. The van der Waals surface area contributed by atoms with E-state index in [0.717, 1.165) is 30.6 Å². The Bertz CT molecular complexity index is 569. The molecular weight excluding hydrogens is 272 g/mol. The van der Waals surface area contributed by atoms with Crippen LogP contribution in [-0.2, 0) is 16.4 Å². The zero-order valence-corrected chi connectivity index (χ0v) is 13.3. The van der Waals surface area contributed by atoms with Crippen LogP contribution in [0.5, 0.6) is 0 Å². The summed E-state index contributed by atoms with van der Waals surface area (Å²) in [4.78, 5) is 0. The fourth-order valence-corrected chi connectivity index (χ4v) is 3.92. The molecule has 0 fully saturated rings. The van der Waals surface area contributed by atoms with E-state index in [2.05, 4.69) is 25.2 Å². The van der Waals surface area contributed by atoms with Crippen LogP contribution in [0, 0.1) is 0 Å². The second-order valence-corrected chi connectivity index (χ2v) is 7.43. The van der Waals surface area contributed by atoms with Crippen LogP contribution in [0.3, 0.4) is 0 Å². The zero-order chi connectivity index (χ0) is 14.8. The molecule has 1 aliphatic heterocycles. The maximum absolute atomic E-state index is 12.2. The number of sulfonamides is 1. The molecule has 0 aliphatic carbocycles. The molecule has 0 saturated heterocycles. The SMILES string of the molecule is CCNC(C)c1ccc2c(c1)CCCN2S(=O)(=O)CC. The van der Waals surface area contributed by atoms with E-state index < -0.39 is 10.0 Å². The first-order chi connectivity index (χ1) is 9.49. The Morgan fingerprint density at radius 1 is 1.35 bits per heavy atom. The summed E-state index contributed by atoms with van der Waals surface area (Å²) in [7, 11) is -3.16. The smallest absolute Gasteiger partial charge is 0.234 e. The van der Waals surface area contributed by atoms with Gasteiger partial charge in [0.1, 0.15) is 0 Å². The van der Waals surface area contributed by atoms with Crippen molar-refractivity contribution in [2.45, 2.75) is 39.7 Å². The van der Waals surface area contributed by atoms with Crippen LogP contribution in [0.25, 0.3) is 0 Å². The van der Waals surface area contributed by atoms with Crippen molar-refractivity contribution in [3.8, 4) is 0 Å². The van der Waals surface area contributed by atoms with Crippen molar-refractivity contribution in [1.82, 2.24) is 5.32 Å². The lowest BCUT2D eigenvalue weighted by atomic mass is 9.98. The molecule has 2 rings (SSSR count). The van der Waals surface area contributed by atoms with Gasteiger partial charge in [0.25, 0.3) is 0 Å². The van der Waals surface area contributed by atoms with Crippen LogP contribution in [0.4, 0.5) is 5.69 Å². The Morgan fingerprint density at radius 3 is 2.75 bits per heavy atom. The second kappa shape index (κ2) is 6.14. The summed E-state index contributed by atoms with van der Waals surface area (Å²) >= 11 is 0. The highest BCUT2D eigenvalue weighted by Crippen LogP contribution is 2.31. The summed E-state index contributed by atoms with van der Waals surface area (Å²) in [5.41, 5.74) is 3.24. The predicted molar refractivity (Wildman–Crippen MR) is 83.7 cm³/mol. The van der Waals surface area contributed by atoms with E-state index in [0.29, 0.717) is 12.6 Å². The van der Waals surface area contributed by atoms with Gasteiger partial charge in [-0.25, -0.2) is 8.42 Å². The lowest BCUT2D eigenvalue weighted by Gasteiger charge is -2.31. The van der Waals surface area contributed by atoms with Crippen LogP contribution in [-0.4, -0.2) is 27.3 Å². The molecule has 1 aromatic carbocycles. The highest BCUT2D eigenvalue weighted by molar-refractivity contribution is 7.92. The van der Waals surface area contributed by atoms with Crippen LogP contribution in [0.1, 0.15) is 44.4 Å². The average molecular weight is 296 g/mol. The molecule has 0 bridgehead atoms. The molecule has 1 aromatic rings. The summed E-state index contributed by atoms with van der Waals surface area (Å²) in [6.07, 6.45) is 1.85. The summed E-state index contributed by atoms with van der Waals surface area (Å²) in [5, 5.41) is 3.39. The zero-order valence-electron chi connectivity index (χ0n) is 12.5. The van der Waals surface area contributed by atoms with Crippen LogP contribution < -0.4 is 9.62 Å². The first-order valence-electron chi connectivity index (χ1n) is 7.36. The van der Waals surface area contributed by atoms with Gasteiger partial charge in [0.05, 0.1) is 11.4 Å². The average Bonchev–Trinajstić information content (AvgIpc) is 2.46. The van der Waals surface area contributed by atoms with Gasteiger partial charge in [-0.1, -0.05) is 19.1 Å². The fraction of sp³-hybridized carbons (Fsp3) is 0.600. The summed E-state index contributed by atoms with van der Waals surface area (Å²) in [5.74, 6) is 0.155. The number of nitrogens with one attached hydrogen (secondary N) is 1. The quantitative estimate of drug-likeness (QED) is 0.908. The number of aryl methyl sites for hydroxylation is 1. The van der Waals surface area contributed by atoms with Gasteiger partial charge >= 0.3 is 0 Å². The second-order valence-electron chi connectivity index (χ2n) is 5.24. The molecule has 20 heavy (non-hydrogen) atoms. The molecule has 0 aromatic heterocycles. The maximum Gasteiger partial charge on any atom is 0.234 e. The van der Waals surface area contributed by atoms with Crippen LogP contribution in [0.15, 0.2) is 18.2 Å². The fourth-order valence-electron chi connectivity index (χ4n) is 2.72. The number of hydrogen-bond acceptors (Lipinski definition) is 3. The van der Waals surface area contributed by atoms with E-state index in [-0.39, 0.29) is 5.75 Å². The van der Waals surface area contributed by atoms with Gasteiger partial charge in [-0.05, 0) is 50.4 Å². The van der Waals surface area contributed by atoms with Crippen LogP contribution in [0.2, 0.25) is 0 Å². The van der Waals surface area contributed by atoms with E-state index in [1.807, 2.05) is 12.1 Å². The number of fused-ring (bicyclic) bond motifs is 1. The van der Waals surface area contributed by atoms with E-state index in [1.54, 1.807) is 11.2 Å². The molecule has 4 nitrogen and oxygen atoms in total. The number of nitrogens with zero attached hydrogens (tertiary/aromatic N) is 1. The van der Waals surface area contributed by atoms with Gasteiger partial charge in [-0.15, -0.1) is 0 Å². The first kappa shape index (κ1) is 15.3. The number of hydrogen-bond donors (Lipinski definition) is 1. The Morgan fingerprint density at radius 2 is 2.10 bits per heavy atom. The molecule has 1 heterocycles. The van der Waals surface area contributed by atoms with Crippen molar-refractivity contribution in [3.63, 3.8) is 0 Å². The van der Waals surface area contributed by atoms with Crippen LogP contribution >= 0.6 is 0 Å². The van der Waals surface area contributed by atoms with Crippen molar-refractivity contribution in [2.75, 3.05) is 23.1 Å². The Kier molecular flexibility index (Phi) is 4.70. The third-order valence-corrected chi connectivity index (χ3v) is 5.67. The van der Waals surface area contributed by atoms with Crippen molar-refractivity contribution >= 4 is 15.7 Å². The summed E-state index contributed by atoms with van der Waals surface area (Å²) in [6.45, 7) is 7.45. The molecule has 1 aliphatic rings. The molecule has 1 N–H and O–H groups in total. The van der Waals surface area contributed by atoms with E-state index >= 15 is 0 Å². The Balaban J connectivity index is 2.36. The molecule has 1 atom stereocenters. The molecule has 0 radical (unpaired) electrons. The monoisotopic (exact) mass is 296 g/mol. The minimum atomic E-state index is -3.16. The van der Waals surface area contributed by atoms with E-state index in [4.69, 9.17) is 0 Å². The molecule has 0 spiro atoms. The predicted octanol–water partition coefficient (Wildman–Crippen LogP) is 2.46. The lowest BCUT2D eigenvalue weighted by Crippen LogP contribution is -2.36. The molecule has 5 heteroatoms. The van der Waals surface area contributed by atoms with Crippen molar-refractivity contribution in [1.29, 1.82) is 0 Å². The van der Waals surface area contributed by atoms with Crippen molar-refractivity contribution < 1.29 is 8.42 Å². The van der Waals surface area contributed by atoms with Gasteiger partial charge < -0.3 is 5.32 Å². The van der Waals surface area contributed by atoms with E-state index in [1.165, 1.54) is 5.56 Å². The minimum Gasteiger partial charge on any atom is -0.310 e. The number of anilines is 1. The maximum atomic E-state index is 12.2. The molecule has 0 saturated carbocycles. The summed E-state index contributed by atoms with van der Waals surface area (Å²) < 4.78 is 25.9. The third-order valence-electron chi connectivity index (χ3n) is 3.89. The molecule has 1 unspecified atom stereocenters. The van der Waals surface area contributed by atoms with E-state index in [9.17, 15) is 8.42 Å². The minimum absolute atomic E-state index is 0.155. The molecule has 0 amide bonds. The van der Waals surface area contributed by atoms with Crippen molar-refractivity contribution in [3.05, 3.63) is 29.3 Å². The van der Waals surface area contributed by atoms with Gasteiger partial charge in [0.15, 0.2) is 0 Å².